The van der Waals surface area contributed by atoms with E-state index in [2.05, 4.69) is 22.2 Å². The summed E-state index contributed by atoms with van der Waals surface area (Å²) in [6, 6.07) is 11.6. The number of nitrogen functional groups attached to an aromatic ring is 1. The number of piperazine rings is 1. The molecule has 3 aliphatic rings. The van der Waals surface area contributed by atoms with Gasteiger partial charge in [-0.2, -0.15) is 0 Å². The van der Waals surface area contributed by atoms with Gasteiger partial charge in [0.25, 0.3) is 5.91 Å². The molecule has 1 amide bonds. The topological polar surface area (TPSA) is 122 Å². The van der Waals surface area contributed by atoms with Gasteiger partial charge in [0, 0.05) is 58.1 Å². The van der Waals surface area contributed by atoms with Gasteiger partial charge < -0.3 is 40.8 Å². The van der Waals surface area contributed by atoms with Crippen LogP contribution in [0, 0.1) is 5.82 Å². The number of likely N-dealkylation sites (N-methyl/N-ethyl adjacent to an activating group) is 1. The van der Waals surface area contributed by atoms with E-state index >= 15 is 4.39 Å². The van der Waals surface area contributed by atoms with E-state index in [1.165, 1.54) is 6.20 Å². The molecule has 7 rings (SSSR count). The number of pyridine rings is 1. The summed E-state index contributed by atoms with van der Waals surface area (Å²) in [7, 11) is 2.12. The Morgan fingerprint density at radius 1 is 1.12 bits per heavy atom. The lowest BCUT2D eigenvalue weighted by Gasteiger charge is -2.32. The molecule has 2 saturated heterocycles. The van der Waals surface area contributed by atoms with Crippen LogP contribution in [0.2, 0.25) is 0 Å². The van der Waals surface area contributed by atoms with Gasteiger partial charge in [-0.25, -0.2) is 4.39 Å². The standard InChI is InChI=1S/C32H36FN7O3/c1-37-11-13-38(14-12-37)9-4-8-36-32(42)22-18-40-23-15-19-5-2-3-6-20(19)16-24(23)43-31-28(40)25(30(22)41)27(35)26(33)29(31)39-10-7-21(34)17-39/h2-3,5-6,15-16,18,21H,4,7-14,17,34-35H2,1H3,(H,36,42). The molecule has 224 valence electrons. The van der Waals surface area contributed by atoms with Crippen LogP contribution in [0.15, 0.2) is 47.4 Å². The van der Waals surface area contributed by atoms with Crippen molar-refractivity contribution in [1.82, 2.24) is 19.7 Å². The van der Waals surface area contributed by atoms with Gasteiger partial charge >= 0.3 is 0 Å². The molecule has 3 aromatic carbocycles. The smallest absolute Gasteiger partial charge is 0.256 e. The summed E-state index contributed by atoms with van der Waals surface area (Å²) < 4.78 is 24.3. The zero-order chi connectivity index (χ0) is 29.8. The summed E-state index contributed by atoms with van der Waals surface area (Å²) in [4.78, 5) is 33.9. The average Bonchev–Trinajstić information content (AvgIpc) is 3.43. The first-order valence-electron chi connectivity index (χ1n) is 14.9. The highest BCUT2D eigenvalue weighted by atomic mass is 19.1. The maximum atomic E-state index is 16.2. The maximum absolute atomic E-state index is 16.2. The number of nitrogens with one attached hydrogen (secondary N) is 1. The number of nitrogens with two attached hydrogens (primary N) is 2. The van der Waals surface area contributed by atoms with E-state index in [0.29, 0.717) is 43.0 Å². The summed E-state index contributed by atoms with van der Waals surface area (Å²) in [6.45, 7) is 6.27. The van der Waals surface area contributed by atoms with Crippen LogP contribution in [-0.4, -0.2) is 85.7 Å². The van der Waals surface area contributed by atoms with Crippen LogP contribution >= 0.6 is 0 Å². The molecule has 0 bridgehead atoms. The first kappa shape index (κ1) is 27.6. The number of halogens is 1. The molecule has 1 aromatic heterocycles. The zero-order valence-electron chi connectivity index (χ0n) is 24.2. The van der Waals surface area contributed by atoms with Gasteiger partial charge in [-0.1, -0.05) is 24.3 Å². The van der Waals surface area contributed by atoms with Gasteiger partial charge in [-0.15, -0.1) is 0 Å². The Hall–Kier alpha value is -4.19. The van der Waals surface area contributed by atoms with Gasteiger partial charge in [0.15, 0.2) is 17.3 Å². The van der Waals surface area contributed by atoms with E-state index in [-0.39, 0.29) is 34.1 Å². The van der Waals surface area contributed by atoms with Crippen LogP contribution in [0.3, 0.4) is 0 Å². The molecule has 0 spiro atoms. The first-order valence-corrected chi connectivity index (χ1v) is 14.9. The van der Waals surface area contributed by atoms with E-state index in [4.69, 9.17) is 16.2 Å². The second kappa shape index (κ2) is 10.8. The van der Waals surface area contributed by atoms with Crippen molar-refractivity contribution >= 4 is 39.0 Å². The van der Waals surface area contributed by atoms with E-state index in [0.717, 1.165) is 49.9 Å². The van der Waals surface area contributed by atoms with Crippen molar-refractivity contribution in [2.24, 2.45) is 5.73 Å². The SMILES string of the molecule is CN1CCN(CCCNC(=O)c2cn3c4c(c(N5CCC(N)C5)c(F)c(N)c4c2=O)Oc2cc4ccccc4cc2-3)CC1. The van der Waals surface area contributed by atoms with Crippen molar-refractivity contribution in [3.8, 4) is 17.2 Å². The highest BCUT2D eigenvalue weighted by Gasteiger charge is 2.35. The number of hydrogen-bond acceptors (Lipinski definition) is 8. The Bertz CT molecular complexity index is 1820. The molecule has 1 atom stereocenters. The van der Waals surface area contributed by atoms with E-state index < -0.39 is 17.2 Å². The van der Waals surface area contributed by atoms with Crippen LogP contribution < -0.4 is 31.8 Å². The van der Waals surface area contributed by atoms with Crippen molar-refractivity contribution in [3.05, 3.63) is 64.2 Å². The van der Waals surface area contributed by atoms with E-state index in [9.17, 15) is 9.59 Å². The minimum absolute atomic E-state index is 0.0661. The minimum atomic E-state index is -0.741. The third-order valence-electron chi connectivity index (χ3n) is 8.97. The molecule has 2 fully saturated rings. The van der Waals surface area contributed by atoms with Crippen molar-refractivity contribution < 1.29 is 13.9 Å². The van der Waals surface area contributed by atoms with Gasteiger partial charge in [0.1, 0.15) is 16.8 Å². The number of carbonyl (C=O) groups excluding carboxylic acids is 1. The molecular weight excluding hydrogens is 549 g/mol. The number of amides is 1. The number of fused-ring (bicyclic) bond motifs is 3. The van der Waals surface area contributed by atoms with Gasteiger partial charge in [-0.05, 0) is 49.3 Å². The Labute approximate surface area is 248 Å². The summed E-state index contributed by atoms with van der Waals surface area (Å²) in [5.74, 6) is -0.563. The lowest BCUT2D eigenvalue weighted by molar-refractivity contribution is 0.0948. The van der Waals surface area contributed by atoms with E-state index in [1.807, 2.05) is 41.3 Å². The molecule has 3 aliphatic heterocycles. The molecule has 10 nitrogen and oxygen atoms in total. The van der Waals surface area contributed by atoms with Crippen LogP contribution in [0.1, 0.15) is 23.2 Å². The number of carbonyl (C=O) groups is 1. The summed E-state index contributed by atoms with van der Waals surface area (Å²) in [6.07, 6.45) is 2.98. The number of ether oxygens (including phenoxy) is 1. The average molecular weight is 586 g/mol. The molecular formula is C32H36FN7O3. The molecule has 11 heteroatoms. The molecule has 43 heavy (non-hydrogen) atoms. The van der Waals surface area contributed by atoms with Crippen LogP contribution in [0.4, 0.5) is 15.8 Å². The summed E-state index contributed by atoms with van der Waals surface area (Å²) in [5.41, 5.74) is 12.7. The fourth-order valence-corrected chi connectivity index (χ4v) is 6.52. The molecule has 4 aromatic rings. The Morgan fingerprint density at radius 2 is 1.86 bits per heavy atom. The summed E-state index contributed by atoms with van der Waals surface area (Å²) >= 11 is 0. The lowest BCUT2D eigenvalue weighted by Crippen LogP contribution is -2.45. The van der Waals surface area contributed by atoms with Crippen LogP contribution in [0.5, 0.6) is 11.5 Å². The predicted molar refractivity (Wildman–Crippen MR) is 167 cm³/mol. The van der Waals surface area contributed by atoms with Crippen LogP contribution in [-0.2, 0) is 0 Å². The molecule has 0 radical (unpaired) electrons. The maximum Gasteiger partial charge on any atom is 0.256 e. The van der Waals surface area contributed by atoms with Crippen molar-refractivity contribution in [2.75, 3.05) is 70.0 Å². The van der Waals surface area contributed by atoms with Crippen molar-refractivity contribution in [3.63, 3.8) is 0 Å². The molecule has 5 N–H and O–H groups in total. The van der Waals surface area contributed by atoms with Crippen LogP contribution in [0.25, 0.3) is 27.4 Å². The number of aromatic nitrogens is 1. The molecule has 1 unspecified atom stereocenters. The fraction of sp³-hybridized carbons (Fsp3) is 0.375. The molecule has 0 saturated carbocycles. The summed E-state index contributed by atoms with van der Waals surface area (Å²) in [5, 5.41) is 4.74. The van der Waals surface area contributed by atoms with Crippen molar-refractivity contribution in [2.45, 2.75) is 18.9 Å². The van der Waals surface area contributed by atoms with Crippen molar-refractivity contribution in [1.29, 1.82) is 0 Å². The fourth-order valence-electron chi connectivity index (χ4n) is 6.52. The predicted octanol–water partition coefficient (Wildman–Crippen LogP) is 2.88. The van der Waals surface area contributed by atoms with Gasteiger partial charge in [-0.3, -0.25) is 9.59 Å². The Morgan fingerprint density at radius 3 is 2.58 bits per heavy atom. The number of nitrogens with zero attached hydrogens (tertiary/aromatic N) is 4. The zero-order valence-corrected chi connectivity index (χ0v) is 24.2. The van der Waals surface area contributed by atoms with Gasteiger partial charge in [0.2, 0.25) is 5.43 Å². The first-order chi connectivity index (χ1) is 20.8. The Kier molecular flexibility index (Phi) is 6.95. The largest absolute Gasteiger partial charge is 0.451 e. The second-order valence-corrected chi connectivity index (χ2v) is 11.9. The number of anilines is 2. The third kappa shape index (κ3) is 4.77. The molecule has 4 heterocycles. The normalized spacial score (nSPS) is 18.7. The number of benzene rings is 3. The number of rotatable bonds is 6. The monoisotopic (exact) mass is 585 g/mol. The minimum Gasteiger partial charge on any atom is -0.451 e. The van der Waals surface area contributed by atoms with E-state index in [1.54, 1.807) is 4.57 Å². The molecule has 0 aliphatic carbocycles. The highest BCUT2D eigenvalue weighted by molar-refractivity contribution is 6.06. The lowest BCUT2D eigenvalue weighted by atomic mass is 10.0. The quantitative estimate of drug-likeness (QED) is 0.206. The second-order valence-electron chi connectivity index (χ2n) is 11.9. The highest BCUT2D eigenvalue weighted by Crippen LogP contribution is 2.50. The Balaban J connectivity index is 1.31. The third-order valence-corrected chi connectivity index (χ3v) is 8.97. The number of hydrogen-bond donors (Lipinski definition) is 3. The van der Waals surface area contributed by atoms with Gasteiger partial charge in [0.05, 0.1) is 16.8 Å².